The van der Waals surface area contributed by atoms with E-state index in [0.717, 1.165) is 42.5 Å². The number of halogens is 1. The molecule has 1 aliphatic heterocycles. The first-order valence-electron chi connectivity index (χ1n) is 6.53. The molecule has 94 valence electrons. The van der Waals surface area contributed by atoms with Gasteiger partial charge in [-0.05, 0) is 40.4 Å². The van der Waals surface area contributed by atoms with Gasteiger partial charge in [0.05, 0.1) is 6.04 Å². The Morgan fingerprint density at radius 2 is 2.12 bits per heavy atom. The molecule has 1 atom stereocenters. The lowest BCUT2D eigenvalue weighted by Crippen LogP contribution is -2.45. The topological polar surface area (TPSA) is 28.4 Å². The van der Waals surface area contributed by atoms with E-state index in [1.165, 1.54) is 19.3 Å². The van der Waals surface area contributed by atoms with Gasteiger partial charge < -0.3 is 9.73 Å². The third-order valence-corrected chi connectivity index (χ3v) is 4.19. The van der Waals surface area contributed by atoms with Gasteiger partial charge in [0, 0.05) is 26.2 Å². The minimum Gasteiger partial charge on any atom is -0.453 e. The van der Waals surface area contributed by atoms with E-state index in [-0.39, 0.29) is 0 Å². The Balaban J connectivity index is 1.74. The van der Waals surface area contributed by atoms with Crippen LogP contribution in [0.15, 0.2) is 21.2 Å². The number of furan rings is 1. The summed E-state index contributed by atoms with van der Waals surface area (Å²) in [6.07, 6.45) is 4.08. The average Bonchev–Trinajstić information content (AvgIpc) is 3.08. The number of rotatable bonds is 4. The van der Waals surface area contributed by atoms with E-state index >= 15 is 0 Å². The molecular formula is C13H19BrN2O. The normalized spacial score (nSPS) is 23.8. The van der Waals surface area contributed by atoms with Gasteiger partial charge in [0.15, 0.2) is 4.67 Å². The van der Waals surface area contributed by atoms with Crippen LogP contribution < -0.4 is 5.32 Å². The summed E-state index contributed by atoms with van der Waals surface area (Å²) < 4.78 is 6.63. The molecule has 0 amide bonds. The van der Waals surface area contributed by atoms with Crippen LogP contribution in [0, 0.1) is 5.92 Å². The molecule has 2 aliphatic rings. The Kier molecular flexibility index (Phi) is 3.54. The Morgan fingerprint density at radius 3 is 2.71 bits per heavy atom. The Labute approximate surface area is 111 Å². The van der Waals surface area contributed by atoms with Crippen LogP contribution >= 0.6 is 15.9 Å². The minimum absolute atomic E-state index is 0.482. The molecule has 1 N–H and O–H groups in total. The van der Waals surface area contributed by atoms with Gasteiger partial charge in [-0.1, -0.05) is 12.8 Å². The van der Waals surface area contributed by atoms with Gasteiger partial charge in [-0.3, -0.25) is 4.90 Å². The van der Waals surface area contributed by atoms with Crippen LogP contribution in [-0.2, 0) is 0 Å². The molecule has 3 rings (SSSR count). The van der Waals surface area contributed by atoms with Crippen LogP contribution in [-0.4, -0.2) is 31.1 Å². The second-order valence-electron chi connectivity index (χ2n) is 5.12. The van der Waals surface area contributed by atoms with Gasteiger partial charge in [-0.2, -0.15) is 0 Å². The van der Waals surface area contributed by atoms with Crippen molar-refractivity contribution in [3.8, 4) is 0 Å². The van der Waals surface area contributed by atoms with E-state index in [9.17, 15) is 0 Å². The molecule has 0 spiro atoms. The number of nitrogens with one attached hydrogen (secondary N) is 1. The largest absolute Gasteiger partial charge is 0.453 e. The Morgan fingerprint density at radius 1 is 1.35 bits per heavy atom. The van der Waals surface area contributed by atoms with Crippen LogP contribution in [0.4, 0.5) is 0 Å². The van der Waals surface area contributed by atoms with Gasteiger partial charge in [0.1, 0.15) is 5.76 Å². The summed E-state index contributed by atoms with van der Waals surface area (Å²) in [5.74, 6) is 2.06. The van der Waals surface area contributed by atoms with E-state index in [0.29, 0.717) is 6.04 Å². The second kappa shape index (κ2) is 5.12. The monoisotopic (exact) mass is 298 g/mol. The first-order chi connectivity index (χ1) is 8.33. The lowest BCUT2D eigenvalue weighted by Gasteiger charge is -2.33. The number of hydrogen-bond donors (Lipinski definition) is 1. The van der Waals surface area contributed by atoms with Crippen LogP contribution in [0.3, 0.4) is 0 Å². The number of piperazine rings is 1. The van der Waals surface area contributed by atoms with Crippen molar-refractivity contribution < 1.29 is 4.42 Å². The highest BCUT2D eigenvalue weighted by Crippen LogP contribution is 2.40. The van der Waals surface area contributed by atoms with E-state index < -0.39 is 0 Å². The number of nitrogens with zero attached hydrogens (tertiary/aromatic N) is 1. The van der Waals surface area contributed by atoms with Crippen LogP contribution in [0.1, 0.15) is 31.1 Å². The fraction of sp³-hybridized carbons (Fsp3) is 0.692. The highest BCUT2D eigenvalue weighted by atomic mass is 79.9. The van der Waals surface area contributed by atoms with Crippen molar-refractivity contribution in [3.05, 3.63) is 22.6 Å². The smallest absolute Gasteiger partial charge is 0.169 e. The molecule has 1 saturated heterocycles. The predicted octanol–water partition coefficient (Wildman–Crippen LogP) is 2.79. The first-order valence-corrected chi connectivity index (χ1v) is 7.32. The fourth-order valence-electron chi connectivity index (χ4n) is 2.62. The maximum atomic E-state index is 5.78. The Bertz CT molecular complexity index is 369. The van der Waals surface area contributed by atoms with Crippen molar-refractivity contribution in [1.29, 1.82) is 0 Å². The van der Waals surface area contributed by atoms with Crippen molar-refractivity contribution in [1.82, 2.24) is 10.2 Å². The standard InChI is InChI=1S/C13H19BrN2O/c14-13-4-3-12(17-13)11(9-10-1-2-10)16-7-5-15-6-8-16/h3-4,10-11,15H,1-2,5-9H2/t11-/m1/s1. The SMILES string of the molecule is Brc1ccc([C@@H](CC2CC2)N2CCNCC2)o1. The second-order valence-corrected chi connectivity index (χ2v) is 5.90. The van der Waals surface area contributed by atoms with Crippen LogP contribution in [0.2, 0.25) is 0 Å². The van der Waals surface area contributed by atoms with Gasteiger partial charge in [0.2, 0.25) is 0 Å². The summed E-state index contributed by atoms with van der Waals surface area (Å²) in [6.45, 7) is 4.47. The zero-order valence-electron chi connectivity index (χ0n) is 9.99. The zero-order valence-corrected chi connectivity index (χ0v) is 11.6. The molecule has 17 heavy (non-hydrogen) atoms. The summed E-state index contributed by atoms with van der Waals surface area (Å²) in [5, 5.41) is 3.41. The molecule has 0 unspecified atom stereocenters. The average molecular weight is 299 g/mol. The first kappa shape index (κ1) is 11.8. The molecule has 1 aromatic heterocycles. The van der Waals surface area contributed by atoms with Crippen molar-refractivity contribution >= 4 is 15.9 Å². The highest BCUT2D eigenvalue weighted by molar-refractivity contribution is 9.10. The fourth-order valence-corrected chi connectivity index (χ4v) is 2.93. The lowest BCUT2D eigenvalue weighted by atomic mass is 10.1. The number of hydrogen-bond acceptors (Lipinski definition) is 3. The summed E-state index contributed by atoms with van der Waals surface area (Å²) >= 11 is 3.41. The molecule has 1 aliphatic carbocycles. The van der Waals surface area contributed by atoms with Crippen molar-refractivity contribution in [2.45, 2.75) is 25.3 Å². The molecule has 4 heteroatoms. The predicted molar refractivity (Wildman–Crippen MR) is 70.9 cm³/mol. The van der Waals surface area contributed by atoms with E-state index in [2.05, 4.69) is 32.2 Å². The van der Waals surface area contributed by atoms with E-state index in [4.69, 9.17) is 4.42 Å². The summed E-state index contributed by atoms with van der Waals surface area (Å²) in [6, 6.07) is 4.62. The molecule has 0 bridgehead atoms. The van der Waals surface area contributed by atoms with E-state index in [1.807, 2.05) is 6.07 Å². The highest BCUT2D eigenvalue weighted by Gasteiger charge is 2.31. The molecule has 0 aromatic carbocycles. The lowest BCUT2D eigenvalue weighted by molar-refractivity contribution is 0.141. The molecule has 2 fully saturated rings. The van der Waals surface area contributed by atoms with Gasteiger partial charge in [0.25, 0.3) is 0 Å². The minimum atomic E-state index is 0.482. The van der Waals surface area contributed by atoms with Crippen molar-refractivity contribution in [3.63, 3.8) is 0 Å². The van der Waals surface area contributed by atoms with Crippen molar-refractivity contribution in [2.24, 2.45) is 5.92 Å². The van der Waals surface area contributed by atoms with Gasteiger partial charge in [-0.25, -0.2) is 0 Å². The molecule has 1 aromatic rings. The third-order valence-electron chi connectivity index (χ3n) is 3.77. The van der Waals surface area contributed by atoms with Crippen LogP contribution in [0.5, 0.6) is 0 Å². The Hall–Kier alpha value is -0.320. The quantitative estimate of drug-likeness (QED) is 0.926. The van der Waals surface area contributed by atoms with Gasteiger partial charge >= 0.3 is 0 Å². The summed E-state index contributed by atoms with van der Waals surface area (Å²) in [7, 11) is 0. The summed E-state index contributed by atoms with van der Waals surface area (Å²) in [4.78, 5) is 2.57. The third kappa shape index (κ3) is 2.92. The van der Waals surface area contributed by atoms with Crippen LogP contribution in [0.25, 0.3) is 0 Å². The van der Waals surface area contributed by atoms with Gasteiger partial charge in [-0.15, -0.1) is 0 Å². The zero-order chi connectivity index (χ0) is 11.7. The van der Waals surface area contributed by atoms with E-state index in [1.54, 1.807) is 0 Å². The van der Waals surface area contributed by atoms with Crippen molar-refractivity contribution in [2.75, 3.05) is 26.2 Å². The molecule has 3 nitrogen and oxygen atoms in total. The molecule has 2 heterocycles. The maximum Gasteiger partial charge on any atom is 0.169 e. The summed E-state index contributed by atoms with van der Waals surface area (Å²) in [5.41, 5.74) is 0. The molecule has 1 saturated carbocycles. The molecular weight excluding hydrogens is 280 g/mol. The maximum absolute atomic E-state index is 5.78. The molecule has 0 radical (unpaired) electrons.